The minimum absolute atomic E-state index is 0.656. The van der Waals surface area contributed by atoms with Crippen molar-refractivity contribution in [3.05, 3.63) is 60.4 Å². The second-order valence-corrected chi connectivity index (χ2v) is 6.77. The van der Waals surface area contributed by atoms with Gasteiger partial charge in [-0.15, -0.1) is 0 Å². The molecule has 2 aliphatic heterocycles. The molecule has 2 fully saturated rings. The van der Waals surface area contributed by atoms with Gasteiger partial charge in [0.05, 0.1) is 0 Å². The first kappa shape index (κ1) is 14.7. The van der Waals surface area contributed by atoms with Gasteiger partial charge in [-0.25, -0.2) is 0 Å². The second kappa shape index (κ2) is 6.71. The SMILES string of the molecule is c1ccc(CN2CCCC2C2CCCN2c2ccncc2)cc1. The van der Waals surface area contributed by atoms with Crippen molar-refractivity contribution >= 4 is 5.69 Å². The third-order valence-corrected chi connectivity index (χ3v) is 5.38. The molecule has 120 valence electrons. The summed E-state index contributed by atoms with van der Waals surface area (Å²) >= 11 is 0. The minimum Gasteiger partial charge on any atom is -0.367 e. The molecule has 4 rings (SSSR count). The Bertz CT molecular complexity index is 613. The number of aromatic nitrogens is 1. The minimum atomic E-state index is 0.656. The highest BCUT2D eigenvalue weighted by molar-refractivity contribution is 5.47. The molecule has 0 saturated carbocycles. The van der Waals surface area contributed by atoms with E-state index < -0.39 is 0 Å². The molecule has 2 aliphatic rings. The lowest BCUT2D eigenvalue weighted by atomic mass is 10.0. The lowest BCUT2D eigenvalue weighted by Gasteiger charge is -2.36. The largest absolute Gasteiger partial charge is 0.367 e. The van der Waals surface area contributed by atoms with Crippen molar-refractivity contribution in [2.24, 2.45) is 0 Å². The maximum absolute atomic E-state index is 4.17. The molecule has 0 N–H and O–H groups in total. The number of likely N-dealkylation sites (tertiary alicyclic amines) is 1. The fourth-order valence-electron chi connectivity index (χ4n) is 4.35. The number of hydrogen-bond acceptors (Lipinski definition) is 3. The Labute approximate surface area is 139 Å². The number of pyridine rings is 1. The molecular weight excluding hydrogens is 282 g/mol. The molecule has 3 nitrogen and oxygen atoms in total. The molecule has 2 atom stereocenters. The first-order chi connectivity index (χ1) is 11.4. The van der Waals surface area contributed by atoms with E-state index in [-0.39, 0.29) is 0 Å². The number of rotatable bonds is 4. The van der Waals surface area contributed by atoms with Gasteiger partial charge in [-0.05, 0) is 49.9 Å². The Hall–Kier alpha value is -1.87. The highest BCUT2D eigenvalue weighted by atomic mass is 15.3. The van der Waals surface area contributed by atoms with Crippen molar-refractivity contribution in [3.63, 3.8) is 0 Å². The first-order valence-electron chi connectivity index (χ1n) is 8.86. The van der Waals surface area contributed by atoms with Crippen molar-refractivity contribution in [3.8, 4) is 0 Å². The molecule has 3 heterocycles. The van der Waals surface area contributed by atoms with E-state index in [9.17, 15) is 0 Å². The lowest BCUT2D eigenvalue weighted by molar-refractivity contribution is 0.216. The summed E-state index contributed by atoms with van der Waals surface area (Å²) in [6.45, 7) is 3.51. The molecule has 1 aromatic carbocycles. The molecule has 0 spiro atoms. The summed E-state index contributed by atoms with van der Waals surface area (Å²) in [5.41, 5.74) is 2.78. The van der Waals surface area contributed by atoms with E-state index in [1.807, 2.05) is 12.4 Å². The van der Waals surface area contributed by atoms with E-state index in [4.69, 9.17) is 0 Å². The van der Waals surface area contributed by atoms with Crippen molar-refractivity contribution in [1.29, 1.82) is 0 Å². The molecule has 3 heteroatoms. The Morgan fingerprint density at radius 1 is 0.870 bits per heavy atom. The number of nitrogens with zero attached hydrogens (tertiary/aromatic N) is 3. The van der Waals surface area contributed by atoms with Crippen molar-refractivity contribution in [1.82, 2.24) is 9.88 Å². The van der Waals surface area contributed by atoms with Crippen LogP contribution in [-0.4, -0.2) is 35.1 Å². The van der Waals surface area contributed by atoms with Crippen LogP contribution < -0.4 is 4.90 Å². The van der Waals surface area contributed by atoms with E-state index >= 15 is 0 Å². The Morgan fingerprint density at radius 3 is 2.43 bits per heavy atom. The zero-order valence-corrected chi connectivity index (χ0v) is 13.6. The topological polar surface area (TPSA) is 19.4 Å². The van der Waals surface area contributed by atoms with Gasteiger partial charge in [-0.3, -0.25) is 9.88 Å². The van der Waals surface area contributed by atoms with Gasteiger partial charge in [0.15, 0.2) is 0 Å². The monoisotopic (exact) mass is 307 g/mol. The third kappa shape index (κ3) is 3.11. The molecule has 1 aromatic heterocycles. The van der Waals surface area contributed by atoms with Gasteiger partial charge in [-0.2, -0.15) is 0 Å². The van der Waals surface area contributed by atoms with Crippen LogP contribution in [-0.2, 0) is 6.54 Å². The zero-order valence-electron chi connectivity index (χ0n) is 13.6. The first-order valence-corrected chi connectivity index (χ1v) is 8.86. The van der Waals surface area contributed by atoms with Crippen LogP contribution in [0.5, 0.6) is 0 Å². The summed E-state index contributed by atoms with van der Waals surface area (Å²) in [6, 6.07) is 16.6. The van der Waals surface area contributed by atoms with Crippen LogP contribution in [0.3, 0.4) is 0 Å². The molecule has 0 radical (unpaired) electrons. The van der Waals surface area contributed by atoms with Crippen LogP contribution in [0.25, 0.3) is 0 Å². The molecule has 0 amide bonds. The van der Waals surface area contributed by atoms with E-state index in [2.05, 4.69) is 57.2 Å². The normalized spacial score (nSPS) is 25.1. The molecule has 0 bridgehead atoms. The smallest absolute Gasteiger partial charge is 0.0446 e. The Balaban J connectivity index is 1.51. The maximum Gasteiger partial charge on any atom is 0.0446 e. The number of benzene rings is 1. The zero-order chi connectivity index (χ0) is 15.5. The van der Waals surface area contributed by atoms with Gasteiger partial charge in [0.2, 0.25) is 0 Å². The highest BCUT2D eigenvalue weighted by Gasteiger charge is 2.37. The number of hydrogen-bond donors (Lipinski definition) is 0. The van der Waals surface area contributed by atoms with Crippen molar-refractivity contribution in [2.75, 3.05) is 18.0 Å². The predicted octanol–water partition coefficient (Wildman–Crippen LogP) is 3.72. The highest BCUT2D eigenvalue weighted by Crippen LogP contribution is 2.33. The third-order valence-electron chi connectivity index (χ3n) is 5.38. The van der Waals surface area contributed by atoms with Gasteiger partial charge < -0.3 is 4.90 Å². The van der Waals surface area contributed by atoms with Gasteiger partial charge in [0, 0.05) is 43.3 Å². The van der Waals surface area contributed by atoms with Crippen LogP contribution in [0.4, 0.5) is 5.69 Å². The van der Waals surface area contributed by atoms with E-state index in [0.717, 1.165) is 6.54 Å². The lowest BCUT2D eigenvalue weighted by Crippen LogP contribution is -2.46. The van der Waals surface area contributed by atoms with Crippen LogP contribution in [0.1, 0.15) is 31.2 Å². The molecule has 2 saturated heterocycles. The average molecular weight is 307 g/mol. The second-order valence-electron chi connectivity index (χ2n) is 6.77. The maximum atomic E-state index is 4.17. The van der Waals surface area contributed by atoms with Crippen LogP contribution in [0.15, 0.2) is 54.9 Å². The fourth-order valence-corrected chi connectivity index (χ4v) is 4.35. The summed E-state index contributed by atoms with van der Waals surface area (Å²) in [5, 5.41) is 0. The molecule has 0 aliphatic carbocycles. The quantitative estimate of drug-likeness (QED) is 0.858. The standard InChI is InChI=1S/C20H25N3/c1-2-6-17(7-3-1)16-22-14-4-8-19(22)20-9-5-15-23(20)18-10-12-21-13-11-18/h1-3,6-7,10-13,19-20H,4-5,8-9,14-16H2. The van der Waals surface area contributed by atoms with E-state index in [1.165, 1.54) is 50.0 Å². The van der Waals surface area contributed by atoms with Crippen LogP contribution in [0.2, 0.25) is 0 Å². The molecular formula is C20H25N3. The Morgan fingerprint density at radius 2 is 1.61 bits per heavy atom. The predicted molar refractivity (Wildman–Crippen MR) is 94.5 cm³/mol. The van der Waals surface area contributed by atoms with Gasteiger partial charge in [0.1, 0.15) is 0 Å². The van der Waals surface area contributed by atoms with Gasteiger partial charge >= 0.3 is 0 Å². The Kier molecular flexibility index (Phi) is 4.29. The summed E-state index contributed by atoms with van der Waals surface area (Å²) in [6.07, 6.45) is 9.13. The van der Waals surface area contributed by atoms with Gasteiger partial charge in [-0.1, -0.05) is 30.3 Å². The molecule has 23 heavy (non-hydrogen) atoms. The van der Waals surface area contributed by atoms with Crippen molar-refractivity contribution in [2.45, 2.75) is 44.3 Å². The van der Waals surface area contributed by atoms with E-state index in [0.29, 0.717) is 12.1 Å². The van der Waals surface area contributed by atoms with Crippen molar-refractivity contribution < 1.29 is 0 Å². The summed E-state index contributed by atoms with van der Waals surface area (Å²) in [5.74, 6) is 0. The van der Waals surface area contributed by atoms with E-state index in [1.54, 1.807) is 0 Å². The fraction of sp³-hybridized carbons (Fsp3) is 0.450. The summed E-state index contributed by atoms with van der Waals surface area (Å²) < 4.78 is 0. The van der Waals surface area contributed by atoms with Crippen LogP contribution in [0, 0.1) is 0 Å². The molecule has 2 aromatic rings. The average Bonchev–Trinajstić information content (AvgIpc) is 3.25. The summed E-state index contributed by atoms with van der Waals surface area (Å²) in [7, 11) is 0. The van der Waals surface area contributed by atoms with Crippen LogP contribution >= 0.6 is 0 Å². The van der Waals surface area contributed by atoms with Gasteiger partial charge in [0.25, 0.3) is 0 Å². The summed E-state index contributed by atoms with van der Waals surface area (Å²) in [4.78, 5) is 9.50. The number of anilines is 1. The molecule has 2 unspecified atom stereocenters.